The van der Waals surface area contributed by atoms with E-state index >= 15 is 0 Å². The van der Waals surface area contributed by atoms with Crippen LogP contribution in [-0.2, 0) is 0 Å². The van der Waals surface area contributed by atoms with E-state index in [1.165, 1.54) is 19.1 Å². The molecule has 0 bridgehead atoms. The first kappa shape index (κ1) is 18.1. The van der Waals surface area contributed by atoms with E-state index in [1.807, 2.05) is 0 Å². The molecule has 0 aromatic heterocycles. The van der Waals surface area contributed by atoms with Gasteiger partial charge in [0, 0.05) is 0 Å². The predicted molar refractivity (Wildman–Crippen MR) is 90.3 cm³/mol. The van der Waals surface area contributed by atoms with Crippen LogP contribution >= 0.6 is 0 Å². The van der Waals surface area contributed by atoms with E-state index in [9.17, 15) is 0 Å². The van der Waals surface area contributed by atoms with Gasteiger partial charge in [-0.1, -0.05) is 0 Å². The summed E-state index contributed by atoms with van der Waals surface area (Å²) >= 11 is -1.80. The molecule has 0 amide bonds. The van der Waals surface area contributed by atoms with E-state index in [4.69, 9.17) is 0 Å². The van der Waals surface area contributed by atoms with Crippen molar-refractivity contribution in [2.45, 2.75) is 70.9 Å². The second kappa shape index (κ2) is 8.34. The Bertz CT molecular complexity index is 260. The van der Waals surface area contributed by atoms with Crippen LogP contribution in [0, 0.1) is 0 Å². The third-order valence-electron chi connectivity index (χ3n) is 3.95. The SMILES string of the molecule is CCB(CC)/C(CC)=[C](/N(CC)CC)[Ge]([CH3])([CH3])[CH3]. The zero-order valence-corrected chi connectivity index (χ0v) is 16.2. The Labute approximate surface area is 119 Å². The van der Waals surface area contributed by atoms with Crippen molar-refractivity contribution >= 4 is 20.0 Å². The fourth-order valence-corrected chi connectivity index (χ4v) is 8.60. The molecular formula is C15H34BGeN. The van der Waals surface area contributed by atoms with Gasteiger partial charge in [0.05, 0.1) is 0 Å². The van der Waals surface area contributed by atoms with Crippen molar-refractivity contribution in [2.75, 3.05) is 13.1 Å². The van der Waals surface area contributed by atoms with Gasteiger partial charge in [0.15, 0.2) is 0 Å². The third kappa shape index (κ3) is 4.68. The minimum absolute atomic E-state index is 0.801. The van der Waals surface area contributed by atoms with Gasteiger partial charge in [-0.3, -0.25) is 0 Å². The molecule has 18 heavy (non-hydrogen) atoms. The average molecular weight is 312 g/mol. The van der Waals surface area contributed by atoms with Crippen molar-refractivity contribution in [3.8, 4) is 0 Å². The fraction of sp³-hybridized carbons (Fsp3) is 0.867. The van der Waals surface area contributed by atoms with Crippen LogP contribution in [0.2, 0.25) is 29.9 Å². The summed E-state index contributed by atoms with van der Waals surface area (Å²) in [5.74, 6) is 7.64. The van der Waals surface area contributed by atoms with Gasteiger partial charge in [0.1, 0.15) is 0 Å². The van der Waals surface area contributed by atoms with Crippen molar-refractivity contribution < 1.29 is 0 Å². The Hall–Kier alpha value is 0.148. The van der Waals surface area contributed by atoms with Gasteiger partial charge < -0.3 is 0 Å². The number of hydrogen-bond donors (Lipinski definition) is 0. The first-order valence-corrected chi connectivity index (χ1v) is 15.2. The molecule has 0 aliphatic carbocycles. The van der Waals surface area contributed by atoms with Crippen LogP contribution in [0.5, 0.6) is 0 Å². The van der Waals surface area contributed by atoms with Gasteiger partial charge in [-0.25, -0.2) is 0 Å². The molecule has 0 heterocycles. The maximum atomic E-state index is 2.65. The van der Waals surface area contributed by atoms with Gasteiger partial charge in [0.25, 0.3) is 0 Å². The molecule has 0 aliphatic rings. The standard InChI is InChI=1S/C15H34BGeN/c1-9-14(16(10-2)11-3)15(17(6,7)8)18(12-4)13-5/h9-13H2,1-8H3/b15-14+. The van der Waals surface area contributed by atoms with E-state index in [0.29, 0.717) is 0 Å². The minimum atomic E-state index is -1.80. The van der Waals surface area contributed by atoms with Crippen molar-refractivity contribution in [2.24, 2.45) is 0 Å². The van der Waals surface area contributed by atoms with E-state index in [1.54, 1.807) is 10.0 Å². The molecule has 0 N–H and O–H groups in total. The van der Waals surface area contributed by atoms with Crippen LogP contribution in [0.25, 0.3) is 0 Å². The molecular weight excluding hydrogens is 278 g/mol. The van der Waals surface area contributed by atoms with Gasteiger partial charge >= 0.3 is 119 Å². The molecule has 106 valence electrons. The predicted octanol–water partition coefficient (Wildman–Crippen LogP) is 4.94. The molecule has 0 aliphatic heterocycles. The van der Waals surface area contributed by atoms with Gasteiger partial charge in [0.2, 0.25) is 0 Å². The molecule has 0 rings (SSSR count). The second-order valence-electron chi connectivity index (χ2n) is 6.16. The summed E-state index contributed by atoms with van der Waals surface area (Å²) < 4.78 is 1.79. The third-order valence-corrected chi connectivity index (χ3v) is 8.27. The van der Waals surface area contributed by atoms with Gasteiger partial charge in [-0.15, -0.1) is 0 Å². The topological polar surface area (TPSA) is 3.24 Å². The van der Waals surface area contributed by atoms with Gasteiger partial charge in [-0.2, -0.15) is 0 Å². The molecule has 0 atom stereocenters. The first-order chi connectivity index (χ1) is 8.37. The zero-order valence-electron chi connectivity index (χ0n) is 14.1. The Morgan fingerprint density at radius 1 is 0.889 bits per heavy atom. The van der Waals surface area contributed by atoms with E-state index in [0.717, 1.165) is 19.8 Å². The fourth-order valence-electron chi connectivity index (χ4n) is 3.13. The molecule has 0 unspecified atom stereocenters. The molecule has 0 radical (unpaired) electrons. The van der Waals surface area contributed by atoms with Crippen LogP contribution < -0.4 is 0 Å². The van der Waals surface area contributed by atoms with Crippen LogP contribution in [0.4, 0.5) is 0 Å². The molecule has 0 spiro atoms. The van der Waals surface area contributed by atoms with E-state index < -0.39 is 13.3 Å². The quantitative estimate of drug-likeness (QED) is 0.574. The first-order valence-electron chi connectivity index (χ1n) is 7.85. The summed E-state index contributed by atoms with van der Waals surface area (Å²) in [6.45, 7) is 14.8. The van der Waals surface area contributed by atoms with E-state index in [2.05, 4.69) is 56.8 Å². The Kier molecular flexibility index (Phi) is 8.41. The molecule has 0 aromatic rings. The van der Waals surface area contributed by atoms with Crippen molar-refractivity contribution in [3.05, 3.63) is 10.0 Å². The number of allylic oxidation sites excluding steroid dienone is 1. The summed E-state index contributed by atoms with van der Waals surface area (Å²) in [5, 5.41) is 0. The average Bonchev–Trinajstić information content (AvgIpc) is 2.32. The second-order valence-corrected chi connectivity index (χ2v) is 16.6. The summed E-state index contributed by atoms with van der Waals surface area (Å²) in [7, 11) is 0. The maximum absolute atomic E-state index is 2.65. The molecule has 0 saturated heterocycles. The number of hydrogen-bond acceptors (Lipinski definition) is 1. The zero-order chi connectivity index (χ0) is 14.3. The summed E-state index contributed by atoms with van der Waals surface area (Å²) in [6, 6.07) is 0. The van der Waals surface area contributed by atoms with Crippen LogP contribution in [0.1, 0.15) is 41.0 Å². The molecule has 0 fully saturated rings. The normalized spacial score (nSPS) is 13.3. The van der Waals surface area contributed by atoms with Gasteiger partial charge in [-0.05, 0) is 0 Å². The molecule has 3 heteroatoms. The van der Waals surface area contributed by atoms with Crippen LogP contribution in [0.3, 0.4) is 0 Å². The monoisotopic (exact) mass is 313 g/mol. The Morgan fingerprint density at radius 3 is 1.56 bits per heavy atom. The summed E-state index contributed by atoms with van der Waals surface area (Å²) in [5.41, 5.74) is 1.77. The number of rotatable bonds is 8. The van der Waals surface area contributed by atoms with Crippen LogP contribution in [0.15, 0.2) is 10.0 Å². The Morgan fingerprint density at radius 2 is 1.33 bits per heavy atom. The molecule has 1 nitrogen and oxygen atoms in total. The number of nitrogens with zero attached hydrogens (tertiary/aromatic N) is 1. The summed E-state index contributed by atoms with van der Waals surface area (Å²) in [4.78, 5) is 2.65. The van der Waals surface area contributed by atoms with Crippen molar-refractivity contribution in [1.29, 1.82) is 0 Å². The molecule has 0 saturated carbocycles. The van der Waals surface area contributed by atoms with E-state index in [-0.39, 0.29) is 0 Å². The summed E-state index contributed by atoms with van der Waals surface area (Å²) in [6.07, 6.45) is 3.83. The van der Waals surface area contributed by atoms with Crippen molar-refractivity contribution in [3.63, 3.8) is 0 Å². The van der Waals surface area contributed by atoms with Crippen LogP contribution in [-0.4, -0.2) is 38.0 Å². The van der Waals surface area contributed by atoms with Crippen molar-refractivity contribution in [1.82, 2.24) is 4.90 Å². The Balaban J connectivity index is 5.73. The molecule has 0 aromatic carbocycles.